The SMILES string of the molecule is CN(C)C(=O)c1ccc(-c2nnc(C3=CCN(C(=O)C(C)(C)C)CC3)s2)cc1Cl. The number of amides is 2. The van der Waals surface area contributed by atoms with E-state index in [2.05, 4.69) is 16.3 Å². The number of carbonyl (C=O) groups is 2. The Morgan fingerprint density at radius 1 is 1.17 bits per heavy atom. The second-order valence-corrected chi connectivity index (χ2v) is 9.67. The summed E-state index contributed by atoms with van der Waals surface area (Å²) in [6, 6.07) is 5.31. The van der Waals surface area contributed by atoms with Gasteiger partial charge in [-0.1, -0.05) is 55.9 Å². The van der Waals surface area contributed by atoms with E-state index < -0.39 is 0 Å². The van der Waals surface area contributed by atoms with Gasteiger partial charge in [0.2, 0.25) is 5.91 Å². The van der Waals surface area contributed by atoms with Gasteiger partial charge in [0.1, 0.15) is 10.0 Å². The van der Waals surface area contributed by atoms with E-state index in [0.717, 1.165) is 27.6 Å². The lowest BCUT2D eigenvalue weighted by molar-refractivity contribution is -0.139. The average molecular weight is 433 g/mol. The number of halogens is 1. The fourth-order valence-corrected chi connectivity index (χ4v) is 4.22. The van der Waals surface area contributed by atoms with Crippen molar-refractivity contribution < 1.29 is 9.59 Å². The van der Waals surface area contributed by atoms with Gasteiger partial charge in [0.15, 0.2) is 0 Å². The zero-order chi connectivity index (χ0) is 21.3. The molecule has 0 atom stereocenters. The summed E-state index contributed by atoms with van der Waals surface area (Å²) in [7, 11) is 3.38. The Morgan fingerprint density at radius 3 is 2.41 bits per heavy atom. The fourth-order valence-electron chi connectivity index (χ4n) is 3.05. The average Bonchev–Trinajstić information content (AvgIpc) is 3.16. The van der Waals surface area contributed by atoms with Crippen LogP contribution in [0.1, 0.15) is 42.6 Å². The van der Waals surface area contributed by atoms with Crippen molar-refractivity contribution in [3.05, 3.63) is 39.9 Å². The van der Waals surface area contributed by atoms with Crippen molar-refractivity contribution >= 4 is 40.3 Å². The highest BCUT2D eigenvalue weighted by Gasteiger charge is 2.28. The van der Waals surface area contributed by atoms with Crippen molar-refractivity contribution in [1.29, 1.82) is 0 Å². The highest BCUT2D eigenvalue weighted by atomic mass is 35.5. The predicted octanol–water partition coefficient (Wildman–Crippen LogP) is 4.22. The number of nitrogens with zero attached hydrogens (tertiary/aromatic N) is 4. The number of aromatic nitrogens is 2. The van der Waals surface area contributed by atoms with Crippen LogP contribution in [0.4, 0.5) is 0 Å². The third-order valence-electron chi connectivity index (χ3n) is 4.69. The molecule has 3 rings (SSSR count). The molecule has 0 saturated carbocycles. The second-order valence-electron chi connectivity index (χ2n) is 8.29. The highest BCUT2D eigenvalue weighted by molar-refractivity contribution is 7.15. The molecule has 2 aromatic rings. The van der Waals surface area contributed by atoms with Crippen LogP contribution < -0.4 is 0 Å². The molecule has 2 amide bonds. The van der Waals surface area contributed by atoms with E-state index in [4.69, 9.17) is 11.6 Å². The Bertz CT molecular complexity index is 975. The molecule has 2 heterocycles. The quantitative estimate of drug-likeness (QED) is 0.728. The second kappa shape index (κ2) is 8.24. The first-order valence-corrected chi connectivity index (χ1v) is 10.6. The summed E-state index contributed by atoms with van der Waals surface area (Å²) >= 11 is 7.81. The maximum Gasteiger partial charge on any atom is 0.254 e. The van der Waals surface area contributed by atoms with Crippen LogP contribution in [-0.2, 0) is 4.79 Å². The molecule has 6 nitrogen and oxygen atoms in total. The van der Waals surface area contributed by atoms with Gasteiger partial charge < -0.3 is 9.80 Å². The number of hydrogen-bond acceptors (Lipinski definition) is 5. The number of benzene rings is 1. The summed E-state index contributed by atoms with van der Waals surface area (Å²) in [5, 5.41) is 10.6. The Morgan fingerprint density at radius 2 is 1.86 bits per heavy atom. The topological polar surface area (TPSA) is 66.4 Å². The van der Waals surface area contributed by atoms with E-state index >= 15 is 0 Å². The van der Waals surface area contributed by atoms with Gasteiger partial charge >= 0.3 is 0 Å². The van der Waals surface area contributed by atoms with E-state index in [1.54, 1.807) is 26.2 Å². The van der Waals surface area contributed by atoms with Crippen molar-refractivity contribution in [3.8, 4) is 10.6 Å². The number of carbonyl (C=O) groups excluding carboxylic acids is 2. The molecule has 1 aromatic carbocycles. The van der Waals surface area contributed by atoms with E-state index in [0.29, 0.717) is 23.7 Å². The van der Waals surface area contributed by atoms with Gasteiger partial charge in [0.05, 0.1) is 10.6 Å². The van der Waals surface area contributed by atoms with Crippen LogP contribution in [0.5, 0.6) is 0 Å². The van der Waals surface area contributed by atoms with Gasteiger partial charge in [0.25, 0.3) is 5.91 Å². The lowest BCUT2D eigenvalue weighted by atomic mass is 9.93. The molecular formula is C21H25ClN4O2S. The first-order chi connectivity index (χ1) is 13.6. The van der Waals surface area contributed by atoms with Crippen LogP contribution in [-0.4, -0.2) is 59.0 Å². The van der Waals surface area contributed by atoms with Crippen LogP contribution in [0.25, 0.3) is 16.1 Å². The standard InChI is InChI=1S/C21H25ClN4O2S/c1-21(2,3)20(28)26-10-8-13(9-11-26)17-23-24-18(29-17)14-6-7-15(16(22)12-14)19(27)25(4)5/h6-8,12H,9-11H2,1-5H3. The third kappa shape index (κ3) is 4.67. The summed E-state index contributed by atoms with van der Waals surface area (Å²) < 4.78 is 0. The zero-order valence-electron chi connectivity index (χ0n) is 17.3. The van der Waals surface area contributed by atoms with Crippen molar-refractivity contribution in [1.82, 2.24) is 20.0 Å². The molecule has 0 aliphatic carbocycles. The van der Waals surface area contributed by atoms with Crippen molar-refractivity contribution in [2.75, 3.05) is 27.2 Å². The van der Waals surface area contributed by atoms with Crippen LogP contribution in [0.2, 0.25) is 5.02 Å². The predicted molar refractivity (Wildman–Crippen MR) is 117 cm³/mol. The maximum atomic E-state index is 12.4. The van der Waals surface area contributed by atoms with Gasteiger partial charge in [-0.05, 0) is 24.1 Å². The molecule has 1 aliphatic heterocycles. The molecule has 29 heavy (non-hydrogen) atoms. The minimum atomic E-state index is -0.374. The molecule has 1 aliphatic rings. The molecule has 0 saturated heterocycles. The molecule has 0 spiro atoms. The molecule has 154 valence electrons. The molecule has 0 fully saturated rings. The first-order valence-electron chi connectivity index (χ1n) is 9.42. The van der Waals surface area contributed by atoms with Crippen molar-refractivity contribution in [3.63, 3.8) is 0 Å². The summed E-state index contributed by atoms with van der Waals surface area (Å²) in [6.45, 7) is 7.09. The highest BCUT2D eigenvalue weighted by Crippen LogP contribution is 2.33. The van der Waals surface area contributed by atoms with Gasteiger partial charge in [-0.15, -0.1) is 10.2 Å². The van der Waals surface area contributed by atoms with Crippen molar-refractivity contribution in [2.24, 2.45) is 5.41 Å². The Hall–Kier alpha value is -2.25. The first kappa shape index (κ1) is 21.5. The molecule has 8 heteroatoms. The molecule has 0 bridgehead atoms. The monoisotopic (exact) mass is 432 g/mol. The summed E-state index contributed by atoms with van der Waals surface area (Å²) in [6.07, 6.45) is 2.82. The number of hydrogen-bond donors (Lipinski definition) is 0. The summed E-state index contributed by atoms with van der Waals surface area (Å²) in [5.74, 6) is 0.0222. The smallest absolute Gasteiger partial charge is 0.254 e. The fraction of sp³-hybridized carbons (Fsp3) is 0.429. The summed E-state index contributed by atoms with van der Waals surface area (Å²) in [5.41, 5.74) is 2.02. The normalized spacial score (nSPS) is 14.6. The lowest BCUT2D eigenvalue weighted by Gasteiger charge is -2.31. The zero-order valence-corrected chi connectivity index (χ0v) is 18.9. The Kier molecular flexibility index (Phi) is 6.10. The van der Waals surface area contributed by atoms with Crippen molar-refractivity contribution in [2.45, 2.75) is 27.2 Å². The van der Waals surface area contributed by atoms with Gasteiger partial charge in [-0.25, -0.2) is 0 Å². The van der Waals surface area contributed by atoms with Gasteiger partial charge in [-0.3, -0.25) is 9.59 Å². The van der Waals surface area contributed by atoms with Gasteiger partial charge in [0, 0.05) is 38.2 Å². The van der Waals surface area contributed by atoms with E-state index in [1.807, 2.05) is 31.7 Å². The summed E-state index contributed by atoms with van der Waals surface area (Å²) in [4.78, 5) is 27.9. The van der Waals surface area contributed by atoms with E-state index in [-0.39, 0.29) is 17.2 Å². The number of rotatable bonds is 3. The van der Waals surface area contributed by atoms with Crippen LogP contribution in [0.15, 0.2) is 24.3 Å². The minimum Gasteiger partial charge on any atom is -0.345 e. The van der Waals surface area contributed by atoms with E-state index in [1.165, 1.54) is 16.2 Å². The van der Waals surface area contributed by atoms with Gasteiger partial charge in [-0.2, -0.15) is 0 Å². The van der Waals surface area contributed by atoms with E-state index in [9.17, 15) is 9.59 Å². The van der Waals surface area contributed by atoms with Crippen LogP contribution >= 0.6 is 22.9 Å². The Labute approximate surface area is 180 Å². The molecule has 0 radical (unpaired) electrons. The van der Waals surface area contributed by atoms with Crippen LogP contribution in [0, 0.1) is 5.41 Å². The maximum absolute atomic E-state index is 12.4. The lowest BCUT2D eigenvalue weighted by Crippen LogP contribution is -2.41. The molecular weight excluding hydrogens is 408 g/mol. The minimum absolute atomic E-state index is 0.138. The molecule has 0 N–H and O–H groups in total. The van der Waals surface area contributed by atoms with Crippen LogP contribution in [0.3, 0.4) is 0 Å². The molecule has 0 unspecified atom stereocenters. The largest absolute Gasteiger partial charge is 0.345 e. The Balaban J connectivity index is 1.77. The molecule has 1 aromatic heterocycles. The third-order valence-corrected chi connectivity index (χ3v) is 6.05.